The van der Waals surface area contributed by atoms with Gasteiger partial charge in [0.25, 0.3) is 0 Å². The summed E-state index contributed by atoms with van der Waals surface area (Å²) < 4.78 is 5.70. The number of carbonyl (C=O) groups excluding carboxylic acids is 1. The van der Waals surface area contributed by atoms with Gasteiger partial charge in [0.15, 0.2) is 0 Å². The highest BCUT2D eigenvalue weighted by molar-refractivity contribution is 5.94. The fourth-order valence-corrected chi connectivity index (χ4v) is 4.17. The molecule has 0 saturated heterocycles. The molecule has 0 bridgehead atoms. The molecule has 5 nitrogen and oxygen atoms in total. The maximum atomic E-state index is 13.2. The minimum Gasteiger partial charge on any atom is -0.493 e. The third-order valence-electron chi connectivity index (χ3n) is 6.09. The maximum absolute atomic E-state index is 13.2. The molecule has 1 aliphatic heterocycles. The smallest absolute Gasteiger partial charge is 0.247 e. The Bertz CT molecular complexity index is 1150. The van der Waals surface area contributed by atoms with Crippen molar-refractivity contribution in [2.45, 2.75) is 38.0 Å². The molecular weight excluding hydrogens is 364 g/mol. The number of aryl methyl sites for hydroxylation is 1. The summed E-state index contributed by atoms with van der Waals surface area (Å²) in [4.78, 5) is 32.0. The third-order valence-corrected chi connectivity index (χ3v) is 6.09. The standard InChI is InChI=1S/C24H22N2O3/c1-15-2-6-19(26-23(15)17-4-7-22(28)25-14-17)13-21(27)24(9-10-24)18-5-3-16-8-11-29-20(16)12-18/h2-7,12,14H,8-11,13H2,1H3,(H,25,28). The summed E-state index contributed by atoms with van der Waals surface area (Å²) in [6.45, 7) is 2.70. The number of ether oxygens (including phenoxy) is 1. The van der Waals surface area contributed by atoms with Crippen molar-refractivity contribution in [1.82, 2.24) is 9.97 Å². The van der Waals surface area contributed by atoms with E-state index in [1.807, 2.05) is 19.1 Å². The van der Waals surface area contributed by atoms with Crippen LogP contribution in [0, 0.1) is 6.92 Å². The van der Waals surface area contributed by atoms with Crippen LogP contribution in [0.3, 0.4) is 0 Å². The number of aromatic amines is 1. The van der Waals surface area contributed by atoms with Crippen LogP contribution < -0.4 is 10.3 Å². The summed E-state index contributed by atoms with van der Waals surface area (Å²) in [6.07, 6.45) is 4.66. The van der Waals surface area contributed by atoms with Crippen LogP contribution >= 0.6 is 0 Å². The van der Waals surface area contributed by atoms with Gasteiger partial charge in [0, 0.05) is 36.4 Å². The SMILES string of the molecule is Cc1ccc(CC(=O)C2(c3ccc4c(c3)OCC4)CC2)nc1-c1ccc(=O)[nH]c1. The highest BCUT2D eigenvalue weighted by Gasteiger charge is 2.50. The molecule has 0 amide bonds. The lowest BCUT2D eigenvalue weighted by atomic mass is 9.88. The second kappa shape index (κ2) is 6.69. The monoisotopic (exact) mass is 386 g/mol. The number of pyridine rings is 2. The van der Waals surface area contributed by atoms with E-state index >= 15 is 0 Å². The highest BCUT2D eigenvalue weighted by Crippen LogP contribution is 2.50. The lowest BCUT2D eigenvalue weighted by molar-refractivity contribution is -0.120. The molecule has 0 unspecified atom stereocenters. The fraction of sp³-hybridized carbons (Fsp3) is 0.292. The normalized spacial score (nSPS) is 16.2. The molecule has 1 fully saturated rings. The molecule has 2 aliphatic rings. The molecule has 1 aliphatic carbocycles. The average Bonchev–Trinajstić information content (AvgIpc) is 3.41. The summed E-state index contributed by atoms with van der Waals surface area (Å²) in [5.74, 6) is 1.13. The Morgan fingerprint density at radius 3 is 2.79 bits per heavy atom. The summed E-state index contributed by atoms with van der Waals surface area (Å²) >= 11 is 0. The van der Waals surface area contributed by atoms with Crippen LogP contribution in [0.5, 0.6) is 5.75 Å². The van der Waals surface area contributed by atoms with Crippen molar-refractivity contribution in [3.05, 3.63) is 81.4 Å². The van der Waals surface area contributed by atoms with Gasteiger partial charge in [-0.2, -0.15) is 0 Å². The van der Waals surface area contributed by atoms with Crippen molar-refractivity contribution in [2.75, 3.05) is 6.61 Å². The number of fused-ring (bicyclic) bond motifs is 1. The zero-order valence-corrected chi connectivity index (χ0v) is 16.3. The zero-order valence-electron chi connectivity index (χ0n) is 16.3. The van der Waals surface area contributed by atoms with Gasteiger partial charge in [-0.25, -0.2) is 0 Å². The van der Waals surface area contributed by atoms with Gasteiger partial charge in [-0.05, 0) is 54.7 Å². The summed E-state index contributed by atoms with van der Waals surface area (Å²) in [5.41, 5.74) is 5.14. The van der Waals surface area contributed by atoms with Gasteiger partial charge in [0.1, 0.15) is 11.5 Å². The van der Waals surface area contributed by atoms with Gasteiger partial charge in [-0.15, -0.1) is 0 Å². The molecule has 1 aromatic carbocycles. The molecular formula is C24H22N2O3. The van der Waals surface area contributed by atoms with E-state index < -0.39 is 5.41 Å². The van der Waals surface area contributed by atoms with E-state index in [2.05, 4.69) is 23.2 Å². The molecule has 5 heteroatoms. The van der Waals surface area contributed by atoms with Gasteiger partial charge in [-0.3, -0.25) is 14.6 Å². The Morgan fingerprint density at radius 1 is 1.17 bits per heavy atom. The number of carbonyl (C=O) groups is 1. The van der Waals surface area contributed by atoms with Gasteiger partial charge >= 0.3 is 0 Å². The summed E-state index contributed by atoms with van der Waals surface area (Å²) in [6, 6.07) is 13.4. The quantitative estimate of drug-likeness (QED) is 0.728. The van der Waals surface area contributed by atoms with Crippen LogP contribution in [0.1, 0.15) is 35.2 Å². The molecule has 1 saturated carbocycles. The van der Waals surface area contributed by atoms with E-state index in [1.165, 1.54) is 11.6 Å². The second-order valence-corrected chi connectivity index (χ2v) is 8.01. The molecule has 0 atom stereocenters. The van der Waals surface area contributed by atoms with Gasteiger partial charge < -0.3 is 9.72 Å². The number of aromatic nitrogens is 2. The van der Waals surface area contributed by atoms with Crippen LogP contribution in [0.25, 0.3) is 11.3 Å². The predicted octanol–water partition coefficient (Wildman–Crippen LogP) is 3.52. The Labute approximate surface area is 168 Å². The van der Waals surface area contributed by atoms with Crippen molar-refractivity contribution in [3.63, 3.8) is 0 Å². The van der Waals surface area contributed by atoms with Crippen molar-refractivity contribution in [3.8, 4) is 17.0 Å². The minimum atomic E-state index is -0.397. The number of ketones is 1. The van der Waals surface area contributed by atoms with E-state index in [-0.39, 0.29) is 11.3 Å². The zero-order chi connectivity index (χ0) is 20.0. The summed E-state index contributed by atoms with van der Waals surface area (Å²) in [5, 5.41) is 0. The second-order valence-electron chi connectivity index (χ2n) is 8.01. The maximum Gasteiger partial charge on any atom is 0.247 e. The van der Waals surface area contributed by atoms with E-state index in [1.54, 1.807) is 12.3 Å². The van der Waals surface area contributed by atoms with Crippen LogP contribution in [0.2, 0.25) is 0 Å². The molecule has 5 rings (SSSR count). The number of hydrogen-bond acceptors (Lipinski definition) is 4. The molecule has 0 radical (unpaired) electrons. The largest absolute Gasteiger partial charge is 0.493 e. The Balaban J connectivity index is 1.41. The molecule has 29 heavy (non-hydrogen) atoms. The van der Waals surface area contributed by atoms with Crippen LogP contribution in [0.4, 0.5) is 0 Å². The molecule has 2 aromatic heterocycles. The van der Waals surface area contributed by atoms with E-state index in [0.29, 0.717) is 6.42 Å². The minimum absolute atomic E-state index is 0.147. The van der Waals surface area contributed by atoms with E-state index in [4.69, 9.17) is 9.72 Å². The van der Waals surface area contributed by atoms with Crippen molar-refractivity contribution in [2.24, 2.45) is 0 Å². The van der Waals surface area contributed by atoms with Gasteiger partial charge in [0.2, 0.25) is 5.56 Å². The molecule has 0 spiro atoms. The topological polar surface area (TPSA) is 72.0 Å². The van der Waals surface area contributed by atoms with Crippen molar-refractivity contribution >= 4 is 5.78 Å². The lowest BCUT2D eigenvalue weighted by Gasteiger charge is -2.16. The van der Waals surface area contributed by atoms with E-state index in [0.717, 1.165) is 59.7 Å². The Hall–Kier alpha value is -3.21. The van der Waals surface area contributed by atoms with Crippen molar-refractivity contribution in [1.29, 1.82) is 0 Å². The lowest BCUT2D eigenvalue weighted by Crippen LogP contribution is -2.23. The van der Waals surface area contributed by atoms with Gasteiger partial charge in [-0.1, -0.05) is 18.2 Å². The first-order valence-corrected chi connectivity index (χ1v) is 10.0. The molecule has 1 N–H and O–H groups in total. The number of benzene rings is 1. The number of nitrogens with zero attached hydrogens (tertiary/aromatic N) is 1. The number of H-pyrrole nitrogens is 1. The number of Topliss-reactive ketones (excluding diaryl/α,β-unsaturated/α-hetero) is 1. The molecule has 146 valence electrons. The molecule has 3 heterocycles. The Kier molecular flexibility index (Phi) is 4.12. The molecule has 3 aromatic rings. The summed E-state index contributed by atoms with van der Waals surface area (Å²) in [7, 11) is 0. The predicted molar refractivity (Wildman–Crippen MR) is 110 cm³/mol. The average molecular weight is 386 g/mol. The van der Waals surface area contributed by atoms with Crippen LogP contribution in [0.15, 0.2) is 53.5 Å². The van der Waals surface area contributed by atoms with Gasteiger partial charge in [0.05, 0.1) is 17.7 Å². The fourth-order valence-electron chi connectivity index (χ4n) is 4.17. The number of nitrogens with one attached hydrogen (secondary N) is 1. The number of rotatable bonds is 5. The van der Waals surface area contributed by atoms with Crippen molar-refractivity contribution < 1.29 is 9.53 Å². The van der Waals surface area contributed by atoms with Crippen LogP contribution in [-0.2, 0) is 23.1 Å². The highest BCUT2D eigenvalue weighted by atomic mass is 16.5. The first-order chi connectivity index (χ1) is 14.0. The third kappa shape index (κ3) is 3.16. The first-order valence-electron chi connectivity index (χ1n) is 10.0. The number of hydrogen-bond donors (Lipinski definition) is 1. The van der Waals surface area contributed by atoms with E-state index in [9.17, 15) is 9.59 Å². The van der Waals surface area contributed by atoms with Crippen LogP contribution in [-0.4, -0.2) is 22.4 Å². The first kappa shape index (κ1) is 17.9. The Morgan fingerprint density at radius 2 is 2.03 bits per heavy atom.